The molecule has 144 valence electrons. The van der Waals surface area contributed by atoms with Gasteiger partial charge in [-0.2, -0.15) is 5.10 Å². The molecule has 2 aromatic carbocycles. The maximum absolute atomic E-state index is 12.7. The van der Waals surface area contributed by atoms with E-state index in [2.05, 4.69) is 34.6 Å². The number of benzene rings is 2. The number of hydrogen-bond donors (Lipinski definition) is 2. The fraction of sp³-hybridized carbons (Fsp3) is 0.304. The highest BCUT2D eigenvalue weighted by Crippen LogP contribution is 2.32. The monoisotopic (exact) mass is 375 g/mol. The SMILES string of the molecule is CCCCOc1ccccc1-c1cc(C(=O)NC2CCc3ccccc32)[nH]n1. The van der Waals surface area contributed by atoms with Crippen molar-refractivity contribution in [3.63, 3.8) is 0 Å². The molecule has 5 heteroatoms. The zero-order chi connectivity index (χ0) is 19.3. The summed E-state index contributed by atoms with van der Waals surface area (Å²) in [6.07, 6.45) is 4.02. The van der Waals surface area contributed by atoms with Gasteiger partial charge in [0.25, 0.3) is 5.91 Å². The minimum absolute atomic E-state index is 0.0557. The lowest BCUT2D eigenvalue weighted by Crippen LogP contribution is -2.27. The largest absolute Gasteiger partial charge is 0.493 e. The van der Waals surface area contributed by atoms with Gasteiger partial charge < -0.3 is 10.1 Å². The van der Waals surface area contributed by atoms with Crippen molar-refractivity contribution >= 4 is 5.91 Å². The van der Waals surface area contributed by atoms with Crippen LogP contribution < -0.4 is 10.1 Å². The average Bonchev–Trinajstić information content (AvgIpc) is 3.37. The zero-order valence-corrected chi connectivity index (χ0v) is 16.1. The number of hydrogen-bond acceptors (Lipinski definition) is 3. The average molecular weight is 375 g/mol. The number of unbranched alkanes of at least 4 members (excludes halogenated alkanes) is 1. The maximum Gasteiger partial charge on any atom is 0.269 e. The summed E-state index contributed by atoms with van der Waals surface area (Å²) in [6, 6.07) is 17.9. The Labute approximate surface area is 165 Å². The maximum atomic E-state index is 12.7. The molecule has 28 heavy (non-hydrogen) atoms. The predicted molar refractivity (Wildman–Crippen MR) is 109 cm³/mol. The molecule has 1 atom stereocenters. The van der Waals surface area contributed by atoms with E-state index in [0.717, 1.165) is 37.0 Å². The Kier molecular flexibility index (Phi) is 5.42. The molecule has 0 aliphatic heterocycles. The van der Waals surface area contributed by atoms with Gasteiger partial charge in [0.1, 0.15) is 11.4 Å². The van der Waals surface area contributed by atoms with Crippen LogP contribution in [0.4, 0.5) is 0 Å². The third kappa shape index (κ3) is 3.79. The van der Waals surface area contributed by atoms with Gasteiger partial charge in [-0.1, -0.05) is 49.7 Å². The number of aromatic amines is 1. The van der Waals surface area contributed by atoms with Crippen LogP contribution in [0.5, 0.6) is 5.75 Å². The van der Waals surface area contributed by atoms with Crippen molar-refractivity contribution in [2.75, 3.05) is 6.61 Å². The molecule has 4 rings (SSSR count). The Morgan fingerprint density at radius 3 is 2.93 bits per heavy atom. The topological polar surface area (TPSA) is 67.0 Å². The van der Waals surface area contributed by atoms with Crippen LogP contribution in [0, 0.1) is 0 Å². The van der Waals surface area contributed by atoms with E-state index in [9.17, 15) is 4.79 Å². The molecular weight excluding hydrogens is 350 g/mol. The van der Waals surface area contributed by atoms with Gasteiger partial charge in [-0.25, -0.2) is 0 Å². The third-order valence-corrected chi connectivity index (χ3v) is 5.18. The second-order valence-electron chi connectivity index (χ2n) is 7.13. The lowest BCUT2D eigenvalue weighted by Gasteiger charge is -2.13. The van der Waals surface area contributed by atoms with Crippen molar-refractivity contribution in [3.05, 3.63) is 71.4 Å². The number of rotatable bonds is 7. The lowest BCUT2D eigenvalue weighted by molar-refractivity contribution is 0.0931. The predicted octanol–water partition coefficient (Wildman–Crippen LogP) is 4.67. The number of aromatic nitrogens is 2. The van der Waals surface area contributed by atoms with E-state index in [4.69, 9.17) is 4.74 Å². The minimum atomic E-state index is -0.134. The van der Waals surface area contributed by atoms with Gasteiger partial charge >= 0.3 is 0 Å². The molecule has 1 unspecified atom stereocenters. The summed E-state index contributed by atoms with van der Waals surface area (Å²) in [5.41, 5.74) is 4.59. The van der Waals surface area contributed by atoms with Crippen LogP contribution >= 0.6 is 0 Å². The molecule has 0 saturated carbocycles. The Morgan fingerprint density at radius 2 is 2.04 bits per heavy atom. The van der Waals surface area contributed by atoms with E-state index in [1.165, 1.54) is 11.1 Å². The number of ether oxygens (including phenoxy) is 1. The van der Waals surface area contributed by atoms with Gasteiger partial charge in [0.05, 0.1) is 18.3 Å². The van der Waals surface area contributed by atoms with E-state index in [0.29, 0.717) is 18.0 Å². The van der Waals surface area contributed by atoms with Crippen molar-refractivity contribution in [1.82, 2.24) is 15.5 Å². The Morgan fingerprint density at radius 1 is 1.21 bits per heavy atom. The molecular formula is C23H25N3O2. The van der Waals surface area contributed by atoms with Crippen LogP contribution in [-0.2, 0) is 6.42 Å². The second kappa shape index (κ2) is 8.30. The number of carbonyl (C=O) groups excluding carboxylic acids is 1. The first kappa shape index (κ1) is 18.3. The number of H-pyrrole nitrogens is 1. The summed E-state index contributed by atoms with van der Waals surface area (Å²) in [5, 5.41) is 10.4. The molecule has 0 saturated heterocycles. The number of fused-ring (bicyclic) bond motifs is 1. The first-order valence-electron chi connectivity index (χ1n) is 9.92. The molecule has 0 radical (unpaired) electrons. The highest BCUT2D eigenvalue weighted by atomic mass is 16.5. The summed E-state index contributed by atoms with van der Waals surface area (Å²) in [6.45, 7) is 2.81. The number of para-hydroxylation sites is 1. The molecule has 0 fully saturated rings. The fourth-order valence-electron chi connectivity index (χ4n) is 3.65. The molecule has 1 aromatic heterocycles. The lowest BCUT2D eigenvalue weighted by atomic mass is 10.1. The van der Waals surface area contributed by atoms with E-state index in [1.54, 1.807) is 6.07 Å². The van der Waals surface area contributed by atoms with Crippen LogP contribution in [0.15, 0.2) is 54.6 Å². The number of amides is 1. The van der Waals surface area contributed by atoms with Crippen LogP contribution in [0.1, 0.15) is 53.8 Å². The van der Waals surface area contributed by atoms with Crippen LogP contribution in [0.2, 0.25) is 0 Å². The Balaban J connectivity index is 1.48. The summed E-state index contributed by atoms with van der Waals surface area (Å²) in [5.74, 6) is 0.656. The smallest absolute Gasteiger partial charge is 0.269 e. The van der Waals surface area contributed by atoms with Crippen molar-refractivity contribution < 1.29 is 9.53 Å². The summed E-state index contributed by atoms with van der Waals surface area (Å²) < 4.78 is 5.89. The van der Waals surface area contributed by atoms with E-state index >= 15 is 0 Å². The molecule has 1 heterocycles. The Hall–Kier alpha value is -3.08. The molecule has 1 amide bonds. The van der Waals surface area contributed by atoms with Gasteiger partial charge in [0.2, 0.25) is 0 Å². The molecule has 1 aliphatic carbocycles. The molecule has 3 aromatic rings. The van der Waals surface area contributed by atoms with E-state index < -0.39 is 0 Å². The minimum Gasteiger partial charge on any atom is -0.493 e. The van der Waals surface area contributed by atoms with Crippen molar-refractivity contribution in [1.29, 1.82) is 0 Å². The number of nitrogens with zero attached hydrogens (tertiary/aromatic N) is 1. The van der Waals surface area contributed by atoms with Gasteiger partial charge in [0.15, 0.2) is 0 Å². The highest BCUT2D eigenvalue weighted by Gasteiger charge is 2.24. The summed E-state index contributed by atoms with van der Waals surface area (Å²) in [7, 11) is 0. The molecule has 0 bridgehead atoms. The van der Waals surface area contributed by atoms with E-state index in [1.807, 2.05) is 36.4 Å². The molecule has 1 aliphatic rings. The first-order chi connectivity index (χ1) is 13.8. The van der Waals surface area contributed by atoms with Crippen LogP contribution in [0.25, 0.3) is 11.3 Å². The van der Waals surface area contributed by atoms with Gasteiger partial charge in [-0.3, -0.25) is 9.89 Å². The highest BCUT2D eigenvalue weighted by molar-refractivity contribution is 5.93. The fourth-order valence-corrected chi connectivity index (χ4v) is 3.65. The normalized spacial score (nSPS) is 15.2. The molecule has 5 nitrogen and oxygen atoms in total. The van der Waals surface area contributed by atoms with Crippen molar-refractivity contribution in [3.8, 4) is 17.0 Å². The van der Waals surface area contributed by atoms with Gasteiger partial charge in [-0.15, -0.1) is 0 Å². The number of carbonyl (C=O) groups is 1. The van der Waals surface area contributed by atoms with E-state index in [-0.39, 0.29) is 11.9 Å². The van der Waals surface area contributed by atoms with Gasteiger partial charge in [0, 0.05) is 5.56 Å². The first-order valence-corrected chi connectivity index (χ1v) is 9.92. The summed E-state index contributed by atoms with van der Waals surface area (Å²) >= 11 is 0. The molecule has 0 spiro atoms. The number of nitrogens with one attached hydrogen (secondary N) is 2. The number of aryl methyl sites for hydroxylation is 1. The van der Waals surface area contributed by atoms with Crippen molar-refractivity contribution in [2.45, 2.75) is 38.6 Å². The molecule has 2 N–H and O–H groups in total. The second-order valence-corrected chi connectivity index (χ2v) is 7.13. The summed E-state index contributed by atoms with van der Waals surface area (Å²) in [4.78, 5) is 12.7. The third-order valence-electron chi connectivity index (χ3n) is 5.18. The van der Waals surface area contributed by atoms with Gasteiger partial charge in [-0.05, 0) is 48.6 Å². The zero-order valence-electron chi connectivity index (χ0n) is 16.1. The standard InChI is InChI=1S/C23H25N3O2/c1-2-3-14-28-22-11-7-6-10-18(22)20-15-21(26-25-20)23(27)24-19-13-12-16-8-4-5-9-17(16)19/h4-11,15,19H,2-3,12-14H2,1H3,(H,24,27)(H,25,26). The van der Waals surface area contributed by atoms with Crippen LogP contribution in [-0.4, -0.2) is 22.7 Å². The quantitative estimate of drug-likeness (QED) is 0.590. The van der Waals surface area contributed by atoms with Crippen molar-refractivity contribution in [2.24, 2.45) is 0 Å². The van der Waals surface area contributed by atoms with Crippen LogP contribution in [0.3, 0.4) is 0 Å². The Bertz CT molecular complexity index is 964.